The molecular formula is C13H21N3O. The van der Waals surface area contributed by atoms with Crippen molar-refractivity contribution in [3.05, 3.63) is 29.6 Å². The number of nitrogens with two attached hydrogens (primary N) is 1. The van der Waals surface area contributed by atoms with Crippen molar-refractivity contribution >= 4 is 5.91 Å². The van der Waals surface area contributed by atoms with Crippen LogP contribution in [0, 0.1) is 12.8 Å². The van der Waals surface area contributed by atoms with Crippen molar-refractivity contribution in [3.63, 3.8) is 0 Å². The van der Waals surface area contributed by atoms with Gasteiger partial charge < -0.3 is 11.1 Å². The van der Waals surface area contributed by atoms with Crippen LogP contribution in [0.25, 0.3) is 0 Å². The van der Waals surface area contributed by atoms with Crippen LogP contribution in [0.15, 0.2) is 18.3 Å². The Labute approximate surface area is 103 Å². The summed E-state index contributed by atoms with van der Waals surface area (Å²) < 4.78 is 0. The molecule has 1 atom stereocenters. The van der Waals surface area contributed by atoms with Crippen molar-refractivity contribution in [1.29, 1.82) is 0 Å². The molecule has 0 aliphatic carbocycles. The molecule has 1 unspecified atom stereocenters. The number of pyridine rings is 1. The molecule has 3 N–H and O–H groups in total. The van der Waals surface area contributed by atoms with Crippen LogP contribution in [0.5, 0.6) is 0 Å². The van der Waals surface area contributed by atoms with E-state index >= 15 is 0 Å². The van der Waals surface area contributed by atoms with E-state index in [1.165, 1.54) is 0 Å². The molecule has 17 heavy (non-hydrogen) atoms. The topological polar surface area (TPSA) is 68.0 Å². The summed E-state index contributed by atoms with van der Waals surface area (Å²) in [7, 11) is 0. The summed E-state index contributed by atoms with van der Waals surface area (Å²) in [6.45, 7) is 6.56. The zero-order valence-electron chi connectivity index (χ0n) is 10.7. The van der Waals surface area contributed by atoms with Gasteiger partial charge in [-0.05, 0) is 31.4 Å². The van der Waals surface area contributed by atoms with Gasteiger partial charge in [0.2, 0.25) is 0 Å². The van der Waals surface area contributed by atoms with Gasteiger partial charge in [-0.1, -0.05) is 13.8 Å². The number of hydrogen-bond acceptors (Lipinski definition) is 3. The highest BCUT2D eigenvalue weighted by atomic mass is 16.1. The van der Waals surface area contributed by atoms with Crippen molar-refractivity contribution in [2.75, 3.05) is 6.54 Å². The number of rotatable bonds is 5. The maximum atomic E-state index is 11.8. The first-order valence-corrected chi connectivity index (χ1v) is 5.96. The molecule has 0 aliphatic heterocycles. The first-order valence-electron chi connectivity index (χ1n) is 5.96. The van der Waals surface area contributed by atoms with Gasteiger partial charge >= 0.3 is 0 Å². The maximum Gasteiger partial charge on any atom is 0.253 e. The standard InChI is InChI=1S/C13H21N3O/c1-9(2)7-11(14)8-16-13(17)12-5-4-6-15-10(12)3/h4-6,9,11H,7-8,14H2,1-3H3,(H,16,17). The fraction of sp³-hybridized carbons (Fsp3) is 0.538. The van der Waals surface area contributed by atoms with E-state index in [1.807, 2.05) is 6.92 Å². The number of carbonyl (C=O) groups is 1. The summed E-state index contributed by atoms with van der Waals surface area (Å²) in [6.07, 6.45) is 2.59. The van der Waals surface area contributed by atoms with Crippen LogP contribution in [-0.2, 0) is 0 Å². The SMILES string of the molecule is Cc1ncccc1C(=O)NCC(N)CC(C)C. The Morgan fingerprint density at radius 3 is 2.82 bits per heavy atom. The van der Waals surface area contributed by atoms with E-state index in [2.05, 4.69) is 24.1 Å². The third kappa shape index (κ3) is 4.53. The smallest absolute Gasteiger partial charge is 0.253 e. The normalized spacial score (nSPS) is 12.5. The van der Waals surface area contributed by atoms with Gasteiger partial charge in [-0.15, -0.1) is 0 Å². The summed E-state index contributed by atoms with van der Waals surface area (Å²) in [5.74, 6) is 0.442. The van der Waals surface area contributed by atoms with E-state index < -0.39 is 0 Å². The van der Waals surface area contributed by atoms with E-state index in [4.69, 9.17) is 5.73 Å². The average Bonchev–Trinajstić information content (AvgIpc) is 2.25. The second-order valence-electron chi connectivity index (χ2n) is 4.74. The molecule has 1 aromatic rings. The Morgan fingerprint density at radius 1 is 1.53 bits per heavy atom. The number of nitrogens with one attached hydrogen (secondary N) is 1. The van der Waals surface area contributed by atoms with Crippen molar-refractivity contribution < 1.29 is 4.79 Å². The number of amides is 1. The quantitative estimate of drug-likeness (QED) is 0.812. The molecule has 0 aliphatic rings. The van der Waals surface area contributed by atoms with Gasteiger partial charge in [0.1, 0.15) is 0 Å². The molecule has 0 spiro atoms. The van der Waals surface area contributed by atoms with Gasteiger partial charge in [0.05, 0.1) is 5.56 Å². The minimum Gasteiger partial charge on any atom is -0.350 e. The zero-order chi connectivity index (χ0) is 12.8. The fourth-order valence-electron chi connectivity index (χ4n) is 1.73. The summed E-state index contributed by atoms with van der Waals surface area (Å²) in [5, 5.41) is 2.84. The Kier molecular flexibility index (Phi) is 5.10. The van der Waals surface area contributed by atoms with Crippen molar-refractivity contribution in [2.45, 2.75) is 33.2 Å². The van der Waals surface area contributed by atoms with E-state index in [-0.39, 0.29) is 11.9 Å². The van der Waals surface area contributed by atoms with E-state index in [9.17, 15) is 4.79 Å². The molecule has 0 saturated heterocycles. The Hall–Kier alpha value is -1.42. The van der Waals surface area contributed by atoms with Crippen molar-refractivity contribution in [2.24, 2.45) is 11.7 Å². The predicted octanol–water partition coefficient (Wildman–Crippen LogP) is 1.49. The summed E-state index contributed by atoms with van der Waals surface area (Å²) >= 11 is 0. The second kappa shape index (κ2) is 6.35. The molecule has 0 radical (unpaired) electrons. The van der Waals surface area contributed by atoms with Gasteiger partial charge in [-0.2, -0.15) is 0 Å². The van der Waals surface area contributed by atoms with Gasteiger partial charge in [0.15, 0.2) is 0 Å². The molecule has 0 bridgehead atoms. The summed E-state index contributed by atoms with van der Waals surface area (Å²) in [4.78, 5) is 15.9. The van der Waals surface area contributed by atoms with Crippen LogP contribution >= 0.6 is 0 Å². The molecule has 1 heterocycles. The lowest BCUT2D eigenvalue weighted by Gasteiger charge is -2.15. The van der Waals surface area contributed by atoms with Crippen LogP contribution in [0.2, 0.25) is 0 Å². The predicted molar refractivity (Wildman–Crippen MR) is 68.7 cm³/mol. The molecule has 0 saturated carbocycles. The van der Waals surface area contributed by atoms with Crippen LogP contribution in [0.4, 0.5) is 0 Å². The highest BCUT2D eigenvalue weighted by Crippen LogP contribution is 2.04. The Bertz CT molecular complexity index is 377. The average molecular weight is 235 g/mol. The molecular weight excluding hydrogens is 214 g/mol. The molecule has 0 aromatic carbocycles. The number of hydrogen-bond donors (Lipinski definition) is 2. The molecule has 4 heteroatoms. The highest BCUT2D eigenvalue weighted by molar-refractivity contribution is 5.95. The molecule has 4 nitrogen and oxygen atoms in total. The van der Waals surface area contributed by atoms with Crippen LogP contribution in [0.1, 0.15) is 36.3 Å². The van der Waals surface area contributed by atoms with Crippen LogP contribution in [-0.4, -0.2) is 23.5 Å². The lowest BCUT2D eigenvalue weighted by atomic mass is 10.0. The second-order valence-corrected chi connectivity index (χ2v) is 4.74. The maximum absolute atomic E-state index is 11.8. The Morgan fingerprint density at radius 2 is 2.24 bits per heavy atom. The van der Waals surface area contributed by atoms with Gasteiger partial charge in [-0.25, -0.2) is 0 Å². The monoisotopic (exact) mass is 235 g/mol. The lowest BCUT2D eigenvalue weighted by Crippen LogP contribution is -2.38. The van der Waals surface area contributed by atoms with Crippen molar-refractivity contribution in [1.82, 2.24) is 10.3 Å². The summed E-state index contributed by atoms with van der Waals surface area (Å²) in [6, 6.07) is 3.54. The molecule has 1 amide bonds. The van der Waals surface area contributed by atoms with Crippen LogP contribution in [0.3, 0.4) is 0 Å². The van der Waals surface area contributed by atoms with Crippen LogP contribution < -0.4 is 11.1 Å². The van der Waals surface area contributed by atoms with Gasteiger partial charge in [-0.3, -0.25) is 9.78 Å². The van der Waals surface area contributed by atoms with E-state index in [1.54, 1.807) is 18.3 Å². The van der Waals surface area contributed by atoms with E-state index in [0.29, 0.717) is 18.0 Å². The highest BCUT2D eigenvalue weighted by Gasteiger charge is 2.11. The third-order valence-corrected chi connectivity index (χ3v) is 2.55. The number of carbonyl (C=O) groups excluding carboxylic acids is 1. The number of nitrogens with zero attached hydrogens (tertiary/aromatic N) is 1. The lowest BCUT2D eigenvalue weighted by molar-refractivity contribution is 0.0949. The minimum atomic E-state index is -0.102. The summed E-state index contributed by atoms with van der Waals surface area (Å²) in [5.41, 5.74) is 7.26. The number of aromatic nitrogens is 1. The van der Waals surface area contributed by atoms with Gasteiger partial charge in [0, 0.05) is 24.5 Å². The zero-order valence-corrected chi connectivity index (χ0v) is 10.7. The molecule has 1 aromatic heterocycles. The first-order chi connectivity index (χ1) is 8.00. The van der Waals surface area contributed by atoms with Gasteiger partial charge in [0.25, 0.3) is 5.91 Å². The molecule has 0 fully saturated rings. The molecule has 1 rings (SSSR count). The molecule has 94 valence electrons. The number of aryl methyl sites for hydroxylation is 1. The Balaban J connectivity index is 2.48. The van der Waals surface area contributed by atoms with E-state index in [0.717, 1.165) is 12.1 Å². The van der Waals surface area contributed by atoms with Crippen molar-refractivity contribution in [3.8, 4) is 0 Å². The third-order valence-electron chi connectivity index (χ3n) is 2.55. The largest absolute Gasteiger partial charge is 0.350 e. The first kappa shape index (κ1) is 13.6. The fourth-order valence-corrected chi connectivity index (χ4v) is 1.73. The minimum absolute atomic E-state index is 0.0101.